The zero-order valence-electron chi connectivity index (χ0n) is 20.6. The van der Waals surface area contributed by atoms with Gasteiger partial charge >= 0.3 is 0 Å². The van der Waals surface area contributed by atoms with Gasteiger partial charge in [-0.2, -0.15) is 0 Å². The van der Waals surface area contributed by atoms with E-state index in [0.717, 1.165) is 9.54 Å². The molecule has 9 nitrogen and oxygen atoms in total. The third-order valence-corrected chi connectivity index (χ3v) is 11.1. The van der Waals surface area contributed by atoms with Crippen LogP contribution in [0.1, 0.15) is 31.2 Å². The topological polar surface area (TPSA) is 105 Å². The van der Waals surface area contributed by atoms with Crippen molar-refractivity contribution in [2.75, 3.05) is 30.8 Å². The zero-order chi connectivity index (χ0) is 26.6. The highest BCUT2D eigenvalue weighted by Gasteiger charge is 2.41. The van der Waals surface area contributed by atoms with Crippen LogP contribution in [-0.2, 0) is 20.0 Å². The minimum Gasteiger partial charge on any atom is -0.356 e. The molecule has 1 saturated carbocycles. The van der Waals surface area contributed by atoms with E-state index >= 15 is 0 Å². The van der Waals surface area contributed by atoms with Crippen LogP contribution in [0.3, 0.4) is 0 Å². The lowest BCUT2D eigenvalue weighted by Crippen LogP contribution is -2.49. The monoisotopic (exact) mass is 553 g/mol. The van der Waals surface area contributed by atoms with Gasteiger partial charge in [-0.1, -0.05) is 17.7 Å². The number of benzene rings is 1. The summed E-state index contributed by atoms with van der Waals surface area (Å²) in [5.74, 6) is -2.37. The van der Waals surface area contributed by atoms with Crippen LogP contribution in [0.4, 0.5) is 14.6 Å². The van der Waals surface area contributed by atoms with Crippen LogP contribution in [0.15, 0.2) is 47.8 Å². The Morgan fingerprint density at radius 1 is 1.03 bits per heavy atom. The van der Waals surface area contributed by atoms with Crippen LogP contribution in [0.5, 0.6) is 0 Å². The molecule has 37 heavy (non-hydrogen) atoms. The van der Waals surface area contributed by atoms with Gasteiger partial charge in [-0.15, -0.1) is 0 Å². The third kappa shape index (κ3) is 4.96. The molecule has 2 fully saturated rings. The maximum absolute atomic E-state index is 13.4. The number of hydrogen-bond acceptors (Lipinski definition) is 7. The van der Waals surface area contributed by atoms with Crippen LogP contribution in [-0.4, -0.2) is 72.9 Å². The largest absolute Gasteiger partial charge is 0.356 e. The fraction of sp³-hybridized carbons (Fsp3) is 0.500. The molecule has 2 aromatic heterocycles. The summed E-state index contributed by atoms with van der Waals surface area (Å²) >= 11 is 0. The van der Waals surface area contributed by atoms with Crippen molar-refractivity contribution in [2.24, 2.45) is 5.92 Å². The zero-order valence-corrected chi connectivity index (χ0v) is 22.2. The summed E-state index contributed by atoms with van der Waals surface area (Å²) in [6.45, 7) is 1.59. The van der Waals surface area contributed by atoms with Crippen molar-refractivity contribution < 1.29 is 25.6 Å². The lowest BCUT2D eigenvalue weighted by atomic mass is 9.81. The van der Waals surface area contributed by atoms with Gasteiger partial charge in [0.15, 0.2) is 5.65 Å². The molecule has 3 heterocycles. The van der Waals surface area contributed by atoms with Crippen LogP contribution in [0, 0.1) is 12.8 Å². The average molecular weight is 554 g/mol. The van der Waals surface area contributed by atoms with Gasteiger partial charge in [-0.05, 0) is 43.9 Å². The standard InChI is InChI=1S/C24H29F2N5O4S2/c1-17-3-5-20(6-4-17)37(34,35)31-10-7-21-22(27-16-28-23(21)31)29(2)19-13-18(14-19)15-36(32,33)30-11-8-24(25,26)9-12-30/h3-7,10,16,18-19H,8-9,11-15H2,1-2H3. The lowest BCUT2D eigenvalue weighted by molar-refractivity contribution is -0.0412. The molecule has 0 spiro atoms. The first-order valence-corrected chi connectivity index (χ1v) is 15.2. The quantitative estimate of drug-likeness (QED) is 0.442. The first-order chi connectivity index (χ1) is 17.4. The number of hydrogen-bond donors (Lipinski definition) is 0. The van der Waals surface area contributed by atoms with E-state index in [-0.39, 0.29) is 41.3 Å². The Bertz CT molecular complexity index is 1510. The molecule has 200 valence electrons. The number of alkyl halides is 2. The normalized spacial score (nSPS) is 22.6. The summed E-state index contributed by atoms with van der Waals surface area (Å²) < 4.78 is 81.1. The molecule has 1 aromatic carbocycles. The Labute approximate surface area is 215 Å². The summed E-state index contributed by atoms with van der Waals surface area (Å²) in [5.41, 5.74) is 1.21. The number of anilines is 1. The molecule has 5 rings (SSSR count). The van der Waals surface area contributed by atoms with Crippen LogP contribution >= 0.6 is 0 Å². The second-order valence-electron chi connectivity index (χ2n) is 10.00. The van der Waals surface area contributed by atoms with Crippen molar-refractivity contribution in [3.63, 3.8) is 0 Å². The van der Waals surface area contributed by atoms with Gasteiger partial charge in [0.25, 0.3) is 15.9 Å². The summed E-state index contributed by atoms with van der Waals surface area (Å²) in [6, 6.07) is 8.27. The molecule has 1 aliphatic heterocycles. The van der Waals surface area contributed by atoms with Gasteiger partial charge in [-0.25, -0.2) is 43.9 Å². The van der Waals surface area contributed by atoms with Crippen molar-refractivity contribution >= 4 is 36.9 Å². The van der Waals surface area contributed by atoms with E-state index in [1.807, 2.05) is 18.9 Å². The van der Waals surface area contributed by atoms with Crippen LogP contribution in [0.25, 0.3) is 11.0 Å². The van der Waals surface area contributed by atoms with E-state index in [9.17, 15) is 25.6 Å². The number of piperidine rings is 1. The Morgan fingerprint density at radius 3 is 2.32 bits per heavy atom. The Kier molecular flexibility index (Phi) is 6.52. The van der Waals surface area contributed by atoms with Gasteiger partial charge in [0.05, 0.1) is 16.0 Å². The van der Waals surface area contributed by atoms with Gasteiger partial charge in [0, 0.05) is 45.2 Å². The van der Waals surface area contributed by atoms with E-state index in [1.165, 1.54) is 16.8 Å². The van der Waals surface area contributed by atoms with Gasteiger partial charge in [0.1, 0.15) is 12.1 Å². The number of sulfonamides is 1. The molecule has 0 N–H and O–H groups in total. The second kappa shape index (κ2) is 9.28. The predicted molar refractivity (Wildman–Crippen MR) is 136 cm³/mol. The van der Waals surface area contributed by atoms with Gasteiger partial charge in [-0.3, -0.25) is 0 Å². The van der Waals surface area contributed by atoms with Crippen molar-refractivity contribution in [3.8, 4) is 0 Å². The minimum atomic E-state index is -3.85. The molecular formula is C24H29F2N5O4S2. The number of aromatic nitrogens is 3. The SMILES string of the molecule is Cc1ccc(S(=O)(=O)n2ccc3c(N(C)C4CC(CS(=O)(=O)N5CCC(F)(F)CC5)C4)ncnc32)cc1. The number of nitrogens with zero attached hydrogens (tertiary/aromatic N) is 5. The minimum absolute atomic E-state index is 0.0149. The van der Waals surface area contributed by atoms with E-state index in [4.69, 9.17) is 0 Å². The van der Waals surface area contributed by atoms with E-state index in [1.54, 1.807) is 30.3 Å². The number of fused-ring (bicyclic) bond motifs is 1. The Balaban J connectivity index is 1.29. The third-order valence-electron chi connectivity index (χ3n) is 7.39. The fourth-order valence-corrected chi connectivity index (χ4v) is 8.15. The van der Waals surface area contributed by atoms with E-state index in [0.29, 0.717) is 24.0 Å². The lowest BCUT2D eigenvalue weighted by Gasteiger charge is -2.42. The van der Waals surface area contributed by atoms with E-state index in [2.05, 4.69) is 9.97 Å². The van der Waals surface area contributed by atoms with Crippen molar-refractivity contribution in [1.82, 2.24) is 18.2 Å². The molecular weight excluding hydrogens is 524 g/mol. The van der Waals surface area contributed by atoms with Crippen LogP contribution < -0.4 is 4.90 Å². The second-order valence-corrected chi connectivity index (χ2v) is 13.8. The molecule has 0 amide bonds. The molecule has 2 aliphatic rings. The summed E-state index contributed by atoms with van der Waals surface area (Å²) in [5, 5.41) is 0.575. The summed E-state index contributed by atoms with van der Waals surface area (Å²) in [4.78, 5) is 10.7. The highest BCUT2D eigenvalue weighted by atomic mass is 32.2. The molecule has 1 saturated heterocycles. The van der Waals surface area contributed by atoms with Crippen molar-refractivity contribution in [2.45, 2.75) is 49.5 Å². The van der Waals surface area contributed by atoms with Crippen LogP contribution in [0.2, 0.25) is 0 Å². The highest BCUT2D eigenvalue weighted by Crippen LogP contribution is 2.37. The maximum Gasteiger partial charge on any atom is 0.269 e. The molecule has 0 atom stereocenters. The number of halogens is 2. The van der Waals surface area contributed by atoms with Crippen molar-refractivity contribution in [3.05, 3.63) is 48.4 Å². The fourth-order valence-electron chi connectivity index (χ4n) is 5.03. The predicted octanol–water partition coefficient (Wildman–Crippen LogP) is 3.25. The summed E-state index contributed by atoms with van der Waals surface area (Å²) in [7, 11) is -5.61. The molecule has 0 unspecified atom stereocenters. The number of rotatable bonds is 7. The Morgan fingerprint density at radius 2 is 1.68 bits per heavy atom. The van der Waals surface area contributed by atoms with Crippen molar-refractivity contribution in [1.29, 1.82) is 0 Å². The number of aryl methyl sites for hydroxylation is 1. The van der Waals surface area contributed by atoms with Gasteiger partial charge < -0.3 is 4.90 Å². The maximum atomic E-state index is 13.4. The summed E-state index contributed by atoms with van der Waals surface area (Å²) in [6.07, 6.45) is 3.12. The molecule has 0 radical (unpaired) electrons. The molecule has 13 heteroatoms. The smallest absolute Gasteiger partial charge is 0.269 e. The molecule has 0 bridgehead atoms. The van der Waals surface area contributed by atoms with Gasteiger partial charge in [0.2, 0.25) is 10.0 Å². The molecule has 1 aliphatic carbocycles. The van der Waals surface area contributed by atoms with E-state index < -0.39 is 38.8 Å². The molecule has 3 aromatic rings. The average Bonchev–Trinajstić information content (AvgIpc) is 3.26. The Hall–Kier alpha value is -2.64. The first kappa shape index (κ1) is 26.0. The highest BCUT2D eigenvalue weighted by molar-refractivity contribution is 7.90. The first-order valence-electron chi connectivity index (χ1n) is 12.1.